The molecule has 0 fully saturated rings. The van der Waals surface area contributed by atoms with Crippen molar-refractivity contribution in [2.24, 2.45) is 7.05 Å². The Bertz CT molecular complexity index is 821. The van der Waals surface area contributed by atoms with Crippen molar-refractivity contribution < 1.29 is 14.3 Å². The van der Waals surface area contributed by atoms with Gasteiger partial charge in [0.1, 0.15) is 12.2 Å². The summed E-state index contributed by atoms with van der Waals surface area (Å²) in [7, 11) is 1.78. The number of carbonyl (C=O) groups is 2. The highest BCUT2D eigenvalue weighted by atomic mass is 32.2. The molecular weight excluding hydrogens is 364 g/mol. The van der Waals surface area contributed by atoms with E-state index in [4.69, 9.17) is 4.74 Å². The first kappa shape index (κ1) is 19.4. The van der Waals surface area contributed by atoms with Crippen molar-refractivity contribution >= 4 is 23.6 Å². The maximum atomic E-state index is 12.4. The summed E-state index contributed by atoms with van der Waals surface area (Å²) in [6, 6.07) is 8.36. The van der Waals surface area contributed by atoms with Crippen LogP contribution in [0.2, 0.25) is 0 Å². The molecule has 27 heavy (non-hydrogen) atoms. The first-order valence-corrected chi connectivity index (χ1v) is 10.1. The maximum Gasteiger partial charge on any atom is 0.313 e. The van der Waals surface area contributed by atoms with Gasteiger partial charge in [0.2, 0.25) is 5.91 Å². The second-order valence-electron chi connectivity index (χ2n) is 6.44. The highest BCUT2D eigenvalue weighted by Crippen LogP contribution is 2.29. The molecular formula is C19H24N4O3S. The number of aryl methyl sites for hydroxylation is 1. The largest absolute Gasteiger partial charge is 0.466 e. The number of benzene rings is 1. The first-order chi connectivity index (χ1) is 13.1. The number of fused-ring (bicyclic) bond motifs is 1. The van der Waals surface area contributed by atoms with Crippen LogP contribution in [0.3, 0.4) is 0 Å². The van der Waals surface area contributed by atoms with Gasteiger partial charge in [-0.2, -0.15) is 0 Å². The quantitative estimate of drug-likeness (QED) is 0.578. The van der Waals surface area contributed by atoms with Gasteiger partial charge < -0.3 is 14.6 Å². The number of esters is 1. The van der Waals surface area contributed by atoms with Crippen molar-refractivity contribution in [3.8, 4) is 0 Å². The van der Waals surface area contributed by atoms with Gasteiger partial charge in [-0.05, 0) is 37.3 Å². The van der Waals surface area contributed by atoms with Crippen LogP contribution in [0, 0.1) is 0 Å². The van der Waals surface area contributed by atoms with Gasteiger partial charge in [0.15, 0.2) is 5.16 Å². The van der Waals surface area contributed by atoms with E-state index in [1.165, 1.54) is 22.9 Å². The Morgan fingerprint density at radius 1 is 1.33 bits per heavy atom. The topological polar surface area (TPSA) is 86.1 Å². The summed E-state index contributed by atoms with van der Waals surface area (Å²) < 4.78 is 6.66. The van der Waals surface area contributed by atoms with Crippen molar-refractivity contribution in [2.45, 2.75) is 43.8 Å². The normalized spacial score (nSPS) is 15.9. The van der Waals surface area contributed by atoms with Gasteiger partial charge in [0.25, 0.3) is 0 Å². The van der Waals surface area contributed by atoms with Gasteiger partial charge in [0, 0.05) is 7.05 Å². The predicted molar refractivity (Wildman–Crippen MR) is 102 cm³/mol. The Hall–Kier alpha value is -2.35. The minimum absolute atomic E-state index is 0.0309. The molecule has 144 valence electrons. The Kier molecular flexibility index (Phi) is 6.49. The Morgan fingerprint density at radius 2 is 2.15 bits per heavy atom. The molecule has 1 aliphatic rings. The van der Waals surface area contributed by atoms with Crippen LogP contribution in [0.15, 0.2) is 29.4 Å². The molecule has 0 spiro atoms. The summed E-state index contributed by atoms with van der Waals surface area (Å²) in [5.74, 6) is 0.414. The average Bonchev–Trinajstić information content (AvgIpc) is 3.00. The molecule has 1 aromatic carbocycles. The standard InChI is InChI=1S/C19H24N4O3S/c1-3-26-18(25)11-16-21-22-19(23(16)2)27-12-17(24)20-15-10-6-8-13-7-4-5-9-14(13)15/h4-5,7,9,15H,3,6,8,10-12H2,1-2H3,(H,20,24)/t15-/m0/s1. The average molecular weight is 388 g/mol. The molecule has 0 aliphatic heterocycles. The molecule has 1 aromatic heterocycles. The molecule has 8 heteroatoms. The summed E-state index contributed by atoms with van der Waals surface area (Å²) in [5, 5.41) is 11.8. The van der Waals surface area contributed by atoms with Gasteiger partial charge in [-0.25, -0.2) is 0 Å². The van der Waals surface area contributed by atoms with E-state index in [9.17, 15) is 9.59 Å². The summed E-state index contributed by atoms with van der Waals surface area (Å²) in [5.41, 5.74) is 2.54. The van der Waals surface area contributed by atoms with E-state index < -0.39 is 0 Å². The zero-order valence-corrected chi connectivity index (χ0v) is 16.4. The summed E-state index contributed by atoms with van der Waals surface area (Å²) in [6.07, 6.45) is 3.18. The lowest BCUT2D eigenvalue weighted by atomic mass is 9.88. The van der Waals surface area contributed by atoms with Crippen molar-refractivity contribution in [2.75, 3.05) is 12.4 Å². The second kappa shape index (κ2) is 9.03. The van der Waals surface area contributed by atoms with Crippen LogP contribution in [0.4, 0.5) is 0 Å². The molecule has 1 amide bonds. The predicted octanol–water partition coefficient (Wildman–Crippen LogP) is 2.21. The Labute approximate surface area is 162 Å². The van der Waals surface area contributed by atoms with E-state index in [0.717, 1.165) is 19.3 Å². The van der Waals surface area contributed by atoms with Crippen LogP contribution in [0.1, 0.15) is 42.8 Å². The van der Waals surface area contributed by atoms with Gasteiger partial charge in [-0.15, -0.1) is 10.2 Å². The smallest absolute Gasteiger partial charge is 0.313 e. The van der Waals surface area contributed by atoms with Crippen LogP contribution in [-0.2, 0) is 34.2 Å². The second-order valence-corrected chi connectivity index (χ2v) is 7.38. The monoisotopic (exact) mass is 388 g/mol. The lowest BCUT2D eigenvalue weighted by Gasteiger charge is -2.26. The van der Waals surface area contributed by atoms with Crippen molar-refractivity contribution in [3.63, 3.8) is 0 Å². The molecule has 1 N–H and O–H groups in total. The molecule has 3 rings (SSSR count). The minimum atomic E-state index is -0.335. The third-order valence-electron chi connectivity index (χ3n) is 4.57. The highest BCUT2D eigenvalue weighted by Gasteiger charge is 2.22. The minimum Gasteiger partial charge on any atom is -0.466 e. The molecule has 1 aliphatic carbocycles. The highest BCUT2D eigenvalue weighted by molar-refractivity contribution is 7.99. The maximum absolute atomic E-state index is 12.4. The number of nitrogens with one attached hydrogen (secondary N) is 1. The fourth-order valence-corrected chi connectivity index (χ4v) is 3.98. The van der Waals surface area contributed by atoms with E-state index in [-0.39, 0.29) is 30.1 Å². The van der Waals surface area contributed by atoms with Gasteiger partial charge in [-0.1, -0.05) is 36.0 Å². The number of amides is 1. The molecule has 1 atom stereocenters. The van der Waals surface area contributed by atoms with Crippen LogP contribution in [0.25, 0.3) is 0 Å². The molecule has 0 saturated carbocycles. The SMILES string of the molecule is CCOC(=O)Cc1nnc(SCC(=O)N[C@H]2CCCc3ccccc32)n1C. The van der Waals surface area contributed by atoms with E-state index in [1.807, 2.05) is 12.1 Å². The number of hydrogen-bond donors (Lipinski definition) is 1. The van der Waals surface area contributed by atoms with Crippen LogP contribution >= 0.6 is 11.8 Å². The molecule has 0 saturated heterocycles. The fraction of sp³-hybridized carbons (Fsp3) is 0.474. The van der Waals surface area contributed by atoms with Gasteiger partial charge >= 0.3 is 5.97 Å². The fourth-order valence-electron chi connectivity index (χ4n) is 3.24. The summed E-state index contributed by atoms with van der Waals surface area (Å²) in [6.45, 7) is 2.10. The van der Waals surface area contributed by atoms with Crippen LogP contribution in [-0.4, -0.2) is 39.0 Å². The van der Waals surface area contributed by atoms with Crippen molar-refractivity contribution in [1.82, 2.24) is 20.1 Å². The van der Waals surface area contributed by atoms with E-state index in [1.54, 1.807) is 18.5 Å². The number of rotatable bonds is 7. The summed E-state index contributed by atoms with van der Waals surface area (Å²) >= 11 is 1.31. The van der Waals surface area contributed by atoms with Crippen LogP contribution < -0.4 is 5.32 Å². The zero-order chi connectivity index (χ0) is 19.2. The molecule has 2 aromatic rings. The third-order valence-corrected chi connectivity index (χ3v) is 5.59. The van der Waals surface area contributed by atoms with Crippen LogP contribution in [0.5, 0.6) is 0 Å². The number of carbonyl (C=O) groups excluding carboxylic acids is 2. The molecule has 0 unspecified atom stereocenters. The summed E-state index contributed by atoms with van der Waals surface area (Å²) in [4.78, 5) is 24.0. The van der Waals surface area contributed by atoms with E-state index in [0.29, 0.717) is 17.6 Å². The van der Waals surface area contributed by atoms with E-state index in [2.05, 4.69) is 27.6 Å². The van der Waals surface area contributed by atoms with Crippen molar-refractivity contribution in [1.29, 1.82) is 0 Å². The third kappa shape index (κ3) is 4.88. The Morgan fingerprint density at radius 3 is 2.96 bits per heavy atom. The lowest BCUT2D eigenvalue weighted by molar-refractivity contribution is -0.142. The van der Waals surface area contributed by atoms with Crippen molar-refractivity contribution in [3.05, 3.63) is 41.2 Å². The van der Waals surface area contributed by atoms with Gasteiger partial charge in [-0.3, -0.25) is 9.59 Å². The number of aromatic nitrogens is 3. The van der Waals surface area contributed by atoms with Gasteiger partial charge in [0.05, 0.1) is 18.4 Å². The molecule has 7 nitrogen and oxygen atoms in total. The molecule has 1 heterocycles. The first-order valence-electron chi connectivity index (χ1n) is 9.12. The number of hydrogen-bond acceptors (Lipinski definition) is 6. The number of thioether (sulfide) groups is 1. The Balaban J connectivity index is 1.54. The molecule has 0 bridgehead atoms. The number of ether oxygens (including phenoxy) is 1. The number of nitrogens with zero attached hydrogens (tertiary/aromatic N) is 3. The zero-order valence-electron chi connectivity index (χ0n) is 15.6. The lowest BCUT2D eigenvalue weighted by Crippen LogP contribution is -2.32. The molecule has 0 radical (unpaired) electrons. The van der Waals surface area contributed by atoms with E-state index >= 15 is 0 Å².